The molecule has 0 aromatic heterocycles. The third-order valence-electron chi connectivity index (χ3n) is 0.861. The highest BCUT2D eigenvalue weighted by Gasteiger charge is 2.24. The topological polar surface area (TPSA) is 64.4 Å². The molecular weight excluding hydrogens is 112 g/mol. The van der Waals surface area contributed by atoms with Crippen LogP contribution in [0.1, 0.15) is 6.42 Å². The van der Waals surface area contributed by atoms with Crippen LogP contribution < -0.4 is 5.48 Å². The molecule has 0 bridgehead atoms. The van der Waals surface area contributed by atoms with E-state index in [0.29, 0.717) is 6.42 Å². The molecular formula is C3H5N2O3. The van der Waals surface area contributed by atoms with Gasteiger partial charge in [-0.05, 0) is 0 Å². The van der Waals surface area contributed by atoms with Gasteiger partial charge in [0.05, 0.1) is 6.42 Å². The Morgan fingerprint density at radius 3 is 3.00 bits per heavy atom. The molecule has 45 valence electrons. The van der Waals surface area contributed by atoms with Gasteiger partial charge in [-0.25, -0.2) is 0 Å². The van der Waals surface area contributed by atoms with E-state index in [0.717, 1.165) is 0 Å². The predicted molar refractivity (Wildman–Crippen MR) is 23.9 cm³/mol. The predicted octanol–water partition coefficient (Wildman–Crippen LogP) is -0.324. The number of hydrogen-bond acceptors (Lipinski definition) is 4. The maximum Gasteiger partial charge on any atom is 0.289 e. The summed E-state index contributed by atoms with van der Waals surface area (Å²) in [6.07, 6.45) is -0.400. The molecule has 0 spiro atoms. The maximum absolute atomic E-state index is 9.84. The van der Waals surface area contributed by atoms with E-state index in [1.54, 1.807) is 0 Å². The van der Waals surface area contributed by atoms with Gasteiger partial charge in [-0.15, -0.1) is 5.48 Å². The first kappa shape index (κ1) is 5.46. The molecule has 8 heavy (non-hydrogen) atoms. The molecule has 5 heteroatoms. The molecule has 1 rings (SSSR count). The zero-order chi connectivity index (χ0) is 5.98. The quantitative estimate of drug-likeness (QED) is 0.377. The summed E-state index contributed by atoms with van der Waals surface area (Å²) >= 11 is 0. The average Bonchev–Trinajstić information content (AvgIpc) is 2.12. The van der Waals surface area contributed by atoms with Crippen molar-refractivity contribution in [3.63, 3.8) is 0 Å². The van der Waals surface area contributed by atoms with Gasteiger partial charge in [0.1, 0.15) is 6.61 Å². The van der Waals surface area contributed by atoms with E-state index in [9.17, 15) is 10.1 Å². The van der Waals surface area contributed by atoms with Crippen LogP contribution in [0, 0.1) is 16.7 Å². The van der Waals surface area contributed by atoms with Gasteiger partial charge in [-0.1, -0.05) is 0 Å². The van der Waals surface area contributed by atoms with Crippen LogP contribution in [0.25, 0.3) is 0 Å². The van der Waals surface area contributed by atoms with Gasteiger partial charge in [0.2, 0.25) is 0 Å². The molecule has 1 aliphatic rings. The number of hydrogen-bond donors (Lipinski definition) is 1. The van der Waals surface area contributed by atoms with Crippen molar-refractivity contribution in [3.8, 4) is 0 Å². The Morgan fingerprint density at radius 1 is 2.00 bits per heavy atom. The van der Waals surface area contributed by atoms with Crippen LogP contribution in [0.15, 0.2) is 0 Å². The molecule has 1 fully saturated rings. The first-order chi connectivity index (χ1) is 3.80. The molecule has 1 radical (unpaired) electrons. The highest BCUT2D eigenvalue weighted by Crippen LogP contribution is 2.04. The summed E-state index contributed by atoms with van der Waals surface area (Å²) in [4.78, 5) is 13.8. The van der Waals surface area contributed by atoms with Gasteiger partial charge in [-0.2, -0.15) is 0 Å². The van der Waals surface area contributed by atoms with Crippen molar-refractivity contribution in [3.05, 3.63) is 16.7 Å². The second-order valence-electron chi connectivity index (χ2n) is 1.44. The Kier molecular flexibility index (Phi) is 1.40. The molecule has 1 saturated heterocycles. The van der Waals surface area contributed by atoms with Crippen molar-refractivity contribution in [2.45, 2.75) is 12.6 Å². The van der Waals surface area contributed by atoms with E-state index >= 15 is 0 Å². The van der Waals surface area contributed by atoms with Gasteiger partial charge in [-0.3, -0.25) is 15.0 Å². The molecule has 1 aliphatic heterocycles. The van der Waals surface area contributed by atoms with Crippen molar-refractivity contribution in [1.82, 2.24) is 5.48 Å². The van der Waals surface area contributed by atoms with Crippen molar-refractivity contribution in [2.75, 3.05) is 0 Å². The Balaban J connectivity index is 2.35. The number of nitrogens with zero attached hydrogens (tertiary/aromatic N) is 1. The Morgan fingerprint density at radius 2 is 2.75 bits per heavy atom. The first-order valence-corrected chi connectivity index (χ1v) is 2.17. The lowest BCUT2D eigenvalue weighted by atomic mass is 10.4. The molecule has 1 N–H and O–H groups in total. The Hall–Kier alpha value is -0.680. The van der Waals surface area contributed by atoms with Crippen molar-refractivity contribution >= 4 is 0 Å². The molecule has 1 unspecified atom stereocenters. The number of nitro groups is 1. The third-order valence-corrected chi connectivity index (χ3v) is 0.861. The first-order valence-electron chi connectivity index (χ1n) is 2.17. The second kappa shape index (κ2) is 2.06. The fourth-order valence-electron chi connectivity index (χ4n) is 0.443. The SMILES string of the molecule is O=[N+]([O-])C1C[CH]ON1. The largest absolute Gasteiger partial charge is 0.289 e. The molecule has 0 amide bonds. The molecule has 1 atom stereocenters. The van der Waals surface area contributed by atoms with E-state index in [1.165, 1.54) is 6.61 Å². The van der Waals surface area contributed by atoms with E-state index in [2.05, 4.69) is 10.3 Å². The van der Waals surface area contributed by atoms with E-state index in [4.69, 9.17) is 0 Å². The third kappa shape index (κ3) is 0.932. The van der Waals surface area contributed by atoms with Crippen LogP contribution in [0.4, 0.5) is 0 Å². The summed E-state index contributed by atoms with van der Waals surface area (Å²) in [5, 5.41) is 9.84. The van der Waals surface area contributed by atoms with Gasteiger partial charge in [0.15, 0.2) is 0 Å². The fourth-order valence-corrected chi connectivity index (χ4v) is 0.443. The Bertz CT molecular complexity index is 98.7. The lowest BCUT2D eigenvalue weighted by Crippen LogP contribution is -2.28. The van der Waals surface area contributed by atoms with Crippen molar-refractivity contribution in [2.24, 2.45) is 0 Å². The van der Waals surface area contributed by atoms with Crippen LogP contribution >= 0.6 is 0 Å². The smallest absolute Gasteiger partial charge is 0.289 e. The van der Waals surface area contributed by atoms with Crippen LogP contribution in [0.5, 0.6) is 0 Å². The van der Waals surface area contributed by atoms with Crippen LogP contribution in [0.3, 0.4) is 0 Å². The molecule has 1 heterocycles. The molecule has 0 aliphatic carbocycles. The zero-order valence-electron chi connectivity index (χ0n) is 4.03. The van der Waals surface area contributed by atoms with Crippen LogP contribution in [-0.4, -0.2) is 11.1 Å². The van der Waals surface area contributed by atoms with E-state index in [1.807, 2.05) is 0 Å². The minimum absolute atomic E-state index is 0.340. The van der Waals surface area contributed by atoms with Gasteiger partial charge < -0.3 is 0 Å². The second-order valence-corrected chi connectivity index (χ2v) is 1.44. The van der Waals surface area contributed by atoms with Gasteiger partial charge in [0.25, 0.3) is 6.17 Å². The normalized spacial score (nSPS) is 28.2. The lowest BCUT2D eigenvalue weighted by molar-refractivity contribution is -0.531. The maximum atomic E-state index is 9.84. The van der Waals surface area contributed by atoms with E-state index in [-0.39, 0.29) is 0 Å². The molecule has 0 aromatic carbocycles. The standard InChI is InChI=1S/C3H5N2O3/c6-5(7)3-1-2-8-4-3/h2-4H,1H2. The van der Waals surface area contributed by atoms with Gasteiger partial charge in [0, 0.05) is 4.92 Å². The molecule has 5 nitrogen and oxygen atoms in total. The lowest BCUT2D eigenvalue weighted by Gasteiger charge is -1.95. The number of hydroxylamine groups is 1. The summed E-state index contributed by atoms with van der Waals surface area (Å²) in [5.74, 6) is 0. The highest BCUT2D eigenvalue weighted by atomic mass is 16.7. The minimum Gasteiger partial charge on any atom is -0.289 e. The monoisotopic (exact) mass is 117 g/mol. The zero-order valence-corrected chi connectivity index (χ0v) is 4.03. The van der Waals surface area contributed by atoms with Crippen LogP contribution in [0.2, 0.25) is 0 Å². The van der Waals surface area contributed by atoms with Crippen molar-refractivity contribution in [1.29, 1.82) is 0 Å². The summed E-state index contributed by atoms with van der Waals surface area (Å²) in [6, 6.07) is 0. The van der Waals surface area contributed by atoms with Crippen LogP contribution in [-0.2, 0) is 4.84 Å². The summed E-state index contributed by atoms with van der Waals surface area (Å²) in [5.41, 5.74) is 2.20. The number of nitrogens with one attached hydrogen (secondary N) is 1. The minimum atomic E-state index is -0.741. The fraction of sp³-hybridized carbons (Fsp3) is 0.667. The Labute approximate surface area is 45.7 Å². The van der Waals surface area contributed by atoms with Crippen molar-refractivity contribution < 1.29 is 9.76 Å². The summed E-state index contributed by atoms with van der Waals surface area (Å²) in [7, 11) is 0. The van der Waals surface area contributed by atoms with E-state index < -0.39 is 11.1 Å². The summed E-state index contributed by atoms with van der Waals surface area (Å²) < 4.78 is 0. The van der Waals surface area contributed by atoms with Gasteiger partial charge >= 0.3 is 0 Å². The highest BCUT2D eigenvalue weighted by molar-refractivity contribution is 4.62. The molecule has 0 saturated carbocycles. The number of rotatable bonds is 1. The average molecular weight is 117 g/mol. The molecule has 0 aromatic rings. The summed E-state index contributed by atoms with van der Waals surface area (Å²) in [6.45, 7) is 1.37.